The zero-order valence-corrected chi connectivity index (χ0v) is 17.3. The summed E-state index contributed by atoms with van der Waals surface area (Å²) in [6.07, 6.45) is 4.31. The summed E-state index contributed by atoms with van der Waals surface area (Å²) in [5.41, 5.74) is 2.05. The maximum absolute atomic E-state index is 12.1. The molecule has 2 aromatic rings. The second-order valence-electron chi connectivity index (χ2n) is 7.66. The van der Waals surface area contributed by atoms with Crippen LogP contribution >= 0.6 is 11.3 Å². The van der Waals surface area contributed by atoms with Crippen molar-refractivity contribution >= 4 is 32.8 Å². The summed E-state index contributed by atoms with van der Waals surface area (Å²) in [7, 11) is 1.96. The number of likely N-dealkylation sites (tertiary alicyclic amines) is 1. The molecule has 2 saturated heterocycles. The molecular weight excluding hydrogens is 362 g/mol. The summed E-state index contributed by atoms with van der Waals surface area (Å²) in [5.74, 6) is 0.0366. The number of rotatable bonds is 4. The van der Waals surface area contributed by atoms with E-state index in [0.717, 1.165) is 68.3 Å². The van der Waals surface area contributed by atoms with Crippen molar-refractivity contribution in [3.8, 4) is 0 Å². The highest BCUT2D eigenvalue weighted by Crippen LogP contribution is 2.33. The summed E-state index contributed by atoms with van der Waals surface area (Å²) in [6, 6.07) is 0.566. The Morgan fingerprint density at radius 1 is 1.26 bits per heavy atom. The minimum Gasteiger partial charge on any atom is -0.466 e. The molecule has 2 fully saturated rings. The van der Waals surface area contributed by atoms with Crippen molar-refractivity contribution in [2.45, 2.75) is 45.6 Å². The fourth-order valence-corrected chi connectivity index (χ4v) is 5.51. The van der Waals surface area contributed by atoms with Gasteiger partial charge < -0.3 is 9.64 Å². The van der Waals surface area contributed by atoms with E-state index < -0.39 is 0 Å². The number of thiazole rings is 1. The third-order valence-corrected chi connectivity index (χ3v) is 7.07. The van der Waals surface area contributed by atoms with E-state index in [4.69, 9.17) is 9.72 Å². The van der Waals surface area contributed by atoms with E-state index in [1.54, 1.807) is 11.3 Å². The predicted molar refractivity (Wildman–Crippen MR) is 107 cm³/mol. The first-order chi connectivity index (χ1) is 13.1. The number of carbonyl (C=O) groups excluding carboxylic acids is 1. The third-order valence-electron chi connectivity index (χ3n) is 5.86. The van der Waals surface area contributed by atoms with Crippen LogP contribution in [0.25, 0.3) is 10.3 Å². The van der Waals surface area contributed by atoms with Crippen molar-refractivity contribution in [2.75, 3.05) is 37.7 Å². The summed E-state index contributed by atoms with van der Waals surface area (Å²) in [6.45, 7) is 8.42. The van der Waals surface area contributed by atoms with Crippen LogP contribution in [0, 0.1) is 12.8 Å². The lowest BCUT2D eigenvalue weighted by molar-refractivity contribution is -0.150. The summed E-state index contributed by atoms with van der Waals surface area (Å²) in [5, 5.41) is 5.56. The van der Waals surface area contributed by atoms with E-state index in [9.17, 15) is 4.79 Å². The number of hydrogen-bond donors (Lipinski definition) is 0. The van der Waals surface area contributed by atoms with Crippen LogP contribution in [0.2, 0.25) is 0 Å². The topological polar surface area (TPSA) is 63.5 Å². The lowest BCUT2D eigenvalue weighted by atomic mass is 9.94. The van der Waals surface area contributed by atoms with Crippen molar-refractivity contribution in [1.82, 2.24) is 19.7 Å². The van der Waals surface area contributed by atoms with Crippen molar-refractivity contribution in [2.24, 2.45) is 13.0 Å². The molecule has 0 radical (unpaired) electrons. The zero-order valence-electron chi connectivity index (χ0n) is 16.5. The number of anilines is 1. The molecule has 0 spiro atoms. The molecule has 8 heteroatoms. The van der Waals surface area contributed by atoms with Gasteiger partial charge in [0, 0.05) is 32.7 Å². The van der Waals surface area contributed by atoms with Gasteiger partial charge in [0.15, 0.2) is 10.8 Å². The second kappa shape index (κ2) is 7.75. The van der Waals surface area contributed by atoms with Gasteiger partial charge in [-0.25, -0.2) is 9.67 Å². The number of aryl methyl sites for hydroxylation is 2. The van der Waals surface area contributed by atoms with Gasteiger partial charge in [-0.15, -0.1) is 0 Å². The molecule has 2 aliphatic heterocycles. The molecule has 7 nitrogen and oxygen atoms in total. The van der Waals surface area contributed by atoms with Crippen molar-refractivity contribution in [1.29, 1.82) is 0 Å². The molecular formula is C19H29N5O2S. The average Bonchev–Trinajstić information content (AvgIpc) is 3.24. The molecule has 0 aromatic carbocycles. The zero-order chi connectivity index (χ0) is 19.0. The number of nitrogens with zero attached hydrogens (tertiary/aromatic N) is 5. The molecule has 2 aliphatic rings. The first kappa shape index (κ1) is 18.7. The van der Waals surface area contributed by atoms with Gasteiger partial charge in [-0.3, -0.25) is 9.69 Å². The Hall–Kier alpha value is -1.67. The Balaban J connectivity index is 1.36. The van der Waals surface area contributed by atoms with Crippen LogP contribution in [-0.4, -0.2) is 64.5 Å². The second-order valence-corrected chi connectivity index (χ2v) is 8.64. The quantitative estimate of drug-likeness (QED) is 0.747. The van der Waals surface area contributed by atoms with Crippen molar-refractivity contribution in [3.63, 3.8) is 0 Å². The number of aromatic nitrogens is 3. The molecule has 4 heterocycles. The number of hydrogen-bond acceptors (Lipinski definition) is 7. The van der Waals surface area contributed by atoms with Crippen LogP contribution < -0.4 is 4.90 Å². The van der Waals surface area contributed by atoms with E-state index in [1.807, 2.05) is 25.6 Å². The largest absolute Gasteiger partial charge is 0.466 e. The molecule has 0 amide bonds. The lowest BCUT2D eigenvalue weighted by Crippen LogP contribution is -2.49. The van der Waals surface area contributed by atoms with Gasteiger partial charge >= 0.3 is 5.97 Å². The minimum absolute atomic E-state index is 0.0157. The van der Waals surface area contributed by atoms with E-state index >= 15 is 0 Å². The Morgan fingerprint density at radius 3 is 2.74 bits per heavy atom. The Bertz CT molecular complexity index is 774. The van der Waals surface area contributed by atoms with Gasteiger partial charge in [0.05, 0.1) is 22.9 Å². The fourth-order valence-electron chi connectivity index (χ4n) is 4.42. The van der Waals surface area contributed by atoms with E-state index in [1.165, 1.54) is 4.70 Å². The van der Waals surface area contributed by atoms with Crippen LogP contribution in [0.1, 0.15) is 38.3 Å². The molecule has 0 aliphatic carbocycles. The molecule has 0 unspecified atom stereocenters. The first-order valence-corrected chi connectivity index (χ1v) is 10.8. The third kappa shape index (κ3) is 3.69. The average molecular weight is 392 g/mol. The number of esters is 1. The van der Waals surface area contributed by atoms with Crippen LogP contribution in [0.4, 0.5) is 5.13 Å². The highest BCUT2D eigenvalue weighted by Gasteiger charge is 2.32. The van der Waals surface area contributed by atoms with E-state index in [0.29, 0.717) is 12.6 Å². The normalized spacial score (nSPS) is 22.5. The molecule has 0 bridgehead atoms. The van der Waals surface area contributed by atoms with E-state index in [-0.39, 0.29) is 11.9 Å². The van der Waals surface area contributed by atoms with Crippen LogP contribution in [0.3, 0.4) is 0 Å². The minimum atomic E-state index is -0.0157. The van der Waals surface area contributed by atoms with Gasteiger partial charge in [-0.1, -0.05) is 11.3 Å². The first-order valence-electron chi connectivity index (χ1n) is 10.0. The summed E-state index contributed by atoms with van der Waals surface area (Å²) in [4.78, 5) is 21.9. The monoisotopic (exact) mass is 391 g/mol. The molecule has 0 N–H and O–H groups in total. The van der Waals surface area contributed by atoms with Gasteiger partial charge in [-0.05, 0) is 46.1 Å². The molecule has 0 saturated carbocycles. The Kier molecular flexibility index (Phi) is 5.36. The number of ether oxygens (including phenoxy) is 1. The molecule has 148 valence electrons. The molecule has 27 heavy (non-hydrogen) atoms. The maximum atomic E-state index is 12.1. The number of piperidine rings is 2. The number of carbonyl (C=O) groups is 1. The van der Waals surface area contributed by atoms with Crippen molar-refractivity contribution in [3.05, 3.63) is 5.69 Å². The van der Waals surface area contributed by atoms with Crippen LogP contribution in [0.15, 0.2) is 0 Å². The molecule has 2 aromatic heterocycles. The van der Waals surface area contributed by atoms with Gasteiger partial charge in [0.1, 0.15) is 0 Å². The maximum Gasteiger partial charge on any atom is 0.310 e. The number of fused-ring (bicyclic) bond motifs is 1. The Morgan fingerprint density at radius 2 is 2.04 bits per heavy atom. The standard InChI is InChI=1S/C19H29N5O2S/c1-4-26-18(25)14-6-5-9-24(12-14)15-7-10-23(11-8-15)19-20-17-16(27-19)13(2)21-22(17)3/h14-15H,4-12H2,1-3H3/t14-/m0/s1. The molecule has 1 atom stereocenters. The molecule has 4 rings (SSSR count). The van der Waals surface area contributed by atoms with Gasteiger partial charge in [-0.2, -0.15) is 5.10 Å². The highest BCUT2D eigenvalue weighted by molar-refractivity contribution is 7.22. The SMILES string of the molecule is CCOC(=O)[C@H]1CCCN(C2CCN(c3nc4c(s3)c(C)nn4C)CC2)C1. The van der Waals surface area contributed by atoms with Gasteiger partial charge in [0.25, 0.3) is 0 Å². The highest BCUT2D eigenvalue weighted by atomic mass is 32.1. The van der Waals surface area contributed by atoms with Crippen molar-refractivity contribution < 1.29 is 9.53 Å². The van der Waals surface area contributed by atoms with Crippen LogP contribution in [0.5, 0.6) is 0 Å². The Labute approximate surface area is 164 Å². The smallest absolute Gasteiger partial charge is 0.310 e. The van der Waals surface area contributed by atoms with Crippen LogP contribution in [-0.2, 0) is 16.6 Å². The lowest BCUT2D eigenvalue weighted by Gasteiger charge is -2.41. The predicted octanol–water partition coefficient (Wildman–Crippen LogP) is 2.58. The van der Waals surface area contributed by atoms with E-state index in [2.05, 4.69) is 14.9 Å². The summed E-state index contributed by atoms with van der Waals surface area (Å²) < 4.78 is 8.32. The summed E-state index contributed by atoms with van der Waals surface area (Å²) >= 11 is 1.75. The fraction of sp³-hybridized carbons (Fsp3) is 0.737. The van der Waals surface area contributed by atoms with Gasteiger partial charge in [0.2, 0.25) is 0 Å².